The van der Waals surface area contributed by atoms with Crippen LogP contribution in [0.5, 0.6) is 5.75 Å². The second kappa shape index (κ2) is 5.73. The molecule has 1 aliphatic heterocycles. The highest BCUT2D eigenvalue weighted by atomic mass is 16.4. The normalized spacial score (nSPS) is 14.7. The Bertz CT molecular complexity index is 1070. The maximum Gasteiger partial charge on any atom is 0.327 e. The van der Waals surface area contributed by atoms with E-state index >= 15 is 0 Å². The number of hydrogen-bond acceptors (Lipinski definition) is 4. The molecule has 3 N–H and O–H groups in total. The van der Waals surface area contributed by atoms with Crippen molar-refractivity contribution in [1.82, 2.24) is 9.88 Å². The fourth-order valence-corrected chi connectivity index (χ4v) is 3.37. The number of aromatic amines is 1. The number of nitrogens with zero attached hydrogens (tertiary/aromatic N) is 1. The zero-order valence-electron chi connectivity index (χ0n) is 13.5. The van der Waals surface area contributed by atoms with Gasteiger partial charge < -0.3 is 15.2 Å². The van der Waals surface area contributed by atoms with Gasteiger partial charge in [-0.25, -0.2) is 4.79 Å². The van der Waals surface area contributed by atoms with Crippen molar-refractivity contribution in [3.63, 3.8) is 0 Å². The molecule has 130 valence electrons. The quantitative estimate of drug-likeness (QED) is 0.625. The zero-order chi connectivity index (χ0) is 18.4. The van der Waals surface area contributed by atoms with Crippen molar-refractivity contribution in [3.8, 4) is 5.75 Å². The van der Waals surface area contributed by atoms with Crippen molar-refractivity contribution in [2.75, 3.05) is 0 Å². The van der Waals surface area contributed by atoms with Gasteiger partial charge in [-0.05, 0) is 23.8 Å². The first-order valence-corrected chi connectivity index (χ1v) is 7.96. The summed E-state index contributed by atoms with van der Waals surface area (Å²) in [6.45, 7) is 0. The molecule has 1 aromatic heterocycles. The minimum Gasteiger partial charge on any atom is -0.507 e. The number of H-pyrrole nitrogens is 1. The summed E-state index contributed by atoms with van der Waals surface area (Å²) in [7, 11) is 0. The number of para-hydroxylation sites is 1. The van der Waals surface area contributed by atoms with E-state index in [0.29, 0.717) is 10.5 Å². The van der Waals surface area contributed by atoms with E-state index < -0.39 is 23.8 Å². The van der Waals surface area contributed by atoms with Gasteiger partial charge in [0.05, 0.1) is 11.1 Å². The third-order valence-electron chi connectivity index (χ3n) is 4.61. The van der Waals surface area contributed by atoms with Gasteiger partial charge in [0.2, 0.25) is 0 Å². The van der Waals surface area contributed by atoms with Crippen LogP contribution in [0.4, 0.5) is 0 Å². The van der Waals surface area contributed by atoms with Gasteiger partial charge in [-0.1, -0.05) is 24.3 Å². The smallest absolute Gasteiger partial charge is 0.327 e. The van der Waals surface area contributed by atoms with E-state index in [4.69, 9.17) is 0 Å². The second-order valence-electron chi connectivity index (χ2n) is 6.10. The molecule has 7 nitrogen and oxygen atoms in total. The molecule has 0 saturated carbocycles. The van der Waals surface area contributed by atoms with Gasteiger partial charge in [0.25, 0.3) is 11.8 Å². The Balaban J connectivity index is 1.74. The van der Waals surface area contributed by atoms with Gasteiger partial charge >= 0.3 is 5.97 Å². The van der Waals surface area contributed by atoms with E-state index in [-0.39, 0.29) is 23.3 Å². The number of amides is 2. The first kappa shape index (κ1) is 15.9. The molecule has 0 spiro atoms. The van der Waals surface area contributed by atoms with E-state index in [1.807, 2.05) is 24.3 Å². The minimum absolute atomic E-state index is 0.0141. The molecule has 1 atom stereocenters. The molecule has 7 heteroatoms. The number of phenols is 1. The number of hydrogen-bond donors (Lipinski definition) is 3. The summed E-state index contributed by atoms with van der Waals surface area (Å²) < 4.78 is 0. The van der Waals surface area contributed by atoms with E-state index in [9.17, 15) is 24.6 Å². The second-order valence-corrected chi connectivity index (χ2v) is 6.10. The van der Waals surface area contributed by atoms with Crippen LogP contribution < -0.4 is 0 Å². The molecule has 26 heavy (non-hydrogen) atoms. The topological polar surface area (TPSA) is 111 Å². The molecule has 0 aliphatic carbocycles. The molecular weight excluding hydrogens is 336 g/mol. The molecular formula is C19H14N2O5. The lowest BCUT2D eigenvalue weighted by Crippen LogP contribution is -2.46. The number of carbonyl (C=O) groups is 3. The maximum atomic E-state index is 12.6. The molecule has 0 radical (unpaired) electrons. The predicted molar refractivity (Wildman–Crippen MR) is 92.0 cm³/mol. The highest BCUT2D eigenvalue weighted by Crippen LogP contribution is 2.32. The van der Waals surface area contributed by atoms with Gasteiger partial charge in [0.1, 0.15) is 11.8 Å². The number of aliphatic carboxylic acids is 1. The van der Waals surface area contributed by atoms with E-state index in [0.717, 1.165) is 10.9 Å². The van der Waals surface area contributed by atoms with Gasteiger partial charge in [0, 0.05) is 23.5 Å². The number of rotatable bonds is 4. The van der Waals surface area contributed by atoms with Crippen LogP contribution in [0.15, 0.2) is 48.7 Å². The first-order valence-electron chi connectivity index (χ1n) is 7.96. The van der Waals surface area contributed by atoms with Crippen molar-refractivity contribution in [2.24, 2.45) is 0 Å². The van der Waals surface area contributed by atoms with E-state index in [2.05, 4.69) is 4.98 Å². The molecule has 2 heterocycles. The Morgan fingerprint density at radius 3 is 2.58 bits per heavy atom. The summed E-state index contributed by atoms with van der Waals surface area (Å²) in [4.78, 5) is 40.9. The molecule has 0 unspecified atom stereocenters. The molecule has 0 bridgehead atoms. The highest BCUT2D eigenvalue weighted by Gasteiger charge is 2.44. The Hall–Kier alpha value is -3.61. The van der Waals surface area contributed by atoms with Crippen LogP contribution >= 0.6 is 0 Å². The van der Waals surface area contributed by atoms with Crippen LogP contribution in [0.2, 0.25) is 0 Å². The summed E-state index contributed by atoms with van der Waals surface area (Å²) in [5.74, 6) is -3.13. The average Bonchev–Trinajstić information content (AvgIpc) is 3.13. The average molecular weight is 350 g/mol. The van der Waals surface area contributed by atoms with Crippen LogP contribution in [-0.2, 0) is 11.2 Å². The van der Waals surface area contributed by atoms with Crippen molar-refractivity contribution in [3.05, 3.63) is 65.4 Å². The standard InChI is InChI=1S/C19H14N2O5/c22-15-7-3-5-12-16(15)18(24)21(17(12)23)14(19(25)26)8-10-9-20-13-6-2-1-4-11(10)13/h1-7,9,14,20,22H,8H2,(H,25,26)/t14-/m0/s1. The molecule has 2 aromatic carbocycles. The number of fused-ring (bicyclic) bond motifs is 2. The Morgan fingerprint density at radius 2 is 1.85 bits per heavy atom. The largest absolute Gasteiger partial charge is 0.507 e. The molecule has 2 amide bonds. The Morgan fingerprint density at radius 1 is 1.08 bits per heavy atom. The van der Waals surface area contributed by atoms with Crippen molar-refractivity contribution < 1.29 is 24.6 Å². The predicted octanol–water partition coefficient (Wildman–Crippen LogP) is 2.17. The summed E-state index contributed by atoms with van der Waals surface area (Å²) in [6, 6.07) is 10.1. The third-order valence-corrected chi connectivity index (χ3v) is 4.61. The van der Waals surface area contributed by atoms with E-state index in [1.165, 1.54) is 18.2 Å². The van der Waals surface area contributed by atoms with Crippen molar-refractivity contribution >= 4 is 28.7 Å². The number of benzene rings is 2. The lowest BCUT2D eigenvalue weighted by Gasteiger charge is -2.22. The number of imide groups is 1. The maximum absolute atomic E-state index is 12.6. The highest BCUT2D eigenvalue weighted by molar-refractivity contribution is 6.23. The molecule has 0 saturated heterocycles. The van der Waals surface area contributed by atoms with Crippen LogP contribution in [0, 0.1) is 0 Å². The van der Waals surface area contributed by atoms with Gasteiger partial charge in [0.15, 0.2) is 0 Å². The van der Waals surface area contributed by atoms with Gasteiger partial charge in [-0.15, -0.1) is 0 Å². The lowest BCUT2D eigenvalue weighted by molar-refractivity contribution is -0.141. The fourth-order valence-electron chi connectivity index (χ4n) is 3.37. The summed E-state index contributed by atoms with van der Waals surface area (Å²) >= 11 is 0. The monoisotopic (exact) mass is 350 g/mol. The van der Waals surface area contributed by atoms with Gasteiger partial charge in [-0.3, -0.25) is 14.5 Å². The first-order chi connectivity index (χ1) is 12.5. The van der Waals surface area contributed by atoms with Crippen molar-refractivity contribution in [2.45, 2.75) is 12.5 Å². The zero-order valence-corrected chi connectivity index (χ0v) is 13.5. The minimum atomic E-state index is -1.37. The molecule has 1 aliphatic rings. The summed E-state index contributed by atoms with van der Waals surface area (Å²) in [5, 5.41) is 20.4. The Kier molecular flexibility index (Phi) is 3.50. The number of aromatic nitrogens is 1. The fraction of sp³-hybridized carbons (Fsp3) is 0.105. The van der Waals surface area contributed by atoms with Crippen LogP contribution in [-0.4, -0.2) is 43.9 Å². The summed E-state index contributed by atoms with van der Waals surface area (Å²) in [6.07, 6.45) is 1.64. The molecule has 4 rings (SSSR count). The summed E-state index contributed by atoms with van der Waals surface area (Å²) in [5.41, 5.74) is 1.39. The van der Waals surface area contributed by atoms with Crippen LogP contribution in [0.1, 0.15) is 26.3 Å². The number of nitrogens with one attached hydrogen (secondary N) is 1. The number of carbonyl (C=O) groups excluding carboxylic acids is 2. The van der Waals surface area contributed by atoms with Crippen LogP contribution in [0.3, 0.4) is 0 Å². The third kappa shape index (κ3) is 2.25. The molecule has 3 aromatic rings. The lowest BCUT2D eigenvalue weighted by atomic mass is 10.0. The number of aromatic hydroxyl groups is 1. The Labute approximate surface area is 147 Å². The SMILES string of the molecule is O=C(O)[C@H](Cc1c[nH]c2ccccc12)N1C(=O)c2cccc(O)c2C1=O. The van der Waals surface area contributed by atoms with E-state index in [1.54, 1.807) is 6.20 Å². The molecule has 0 fully saturated rings. The number of carboxylic acid groups (broad SMARTS) is 1. The van der Waals surface area contributed by atoms with Crippen molar-refractivity contribution in [1.29, 1.82) is 0 Å². The number of carboxylic acids is 1. The number of phenolic OH excluding ortho intramolecular Hbond substituents is 1. The van der Waals surface area contributed by atoms with Gasteiger partial charge in [-0.2, -0.15) is 0 Å². The van der Waals surface area contributed by atoms with Crippen LogP contribution in [0.25, 0.3) is 10.9 Å².